The fourth-order valence-electron chi connectivity index (χ4n) is 8.57. The van der Waals surface area contributed by atoms with Crippen molar-refractivity contribution in [2.75, 3.05) is 39.6 Å². The van der Waals surface area contributed by atoms with Crippen LogP contribution in [0.4, 0.5) is 0 Å². The predicted octanol–water partition coefficient (Wildman–Crippen LogP) is 15.6. The molecule has 17 nitrogen and oxygen atoms in total. The Morgan fingerprint density at radius 3 is 0.766 bits per heavy atom. The molecule has 456 valence electrons. The van der Waals surface area contributed by atoms with Crippen LogP contribution in [0.2, 0.25) is 0 Å². The number of hydrogen-bond donors (Lipinski definition) is 3. The van der Waals surface area contributed by atoms with E-state index in [0.717, 1.165) is 109 Å². The number of carbonyl (C=O) groups is 4. The van der Waals surface area contributed by atoms with Crippen molar-refractivity contribution in [3.05, 3.63) is 0 Å². The van der Waals surface area contributed by atoms with Crippen LogP contribution in [0.1, 0.15) is 291 Å². The Bertz CT molecular complexity index is 1500. The lowest BCUT2D eigenvalue weighted by molar-refractivity contribution is -0.161. The molecule has 19 heteroatoms. The Kier molecular flexibility index (Phi) is 52.0. The van der Waals surface area contributed by atoms with Crippen molar-refractivity contribution in [1.29, 1.82) is 0 Å². The van der Waals surface area contributed by atoms with Gasteiger partial charge in [0.1, 0.15) is 19.3 Å². The predicted molar refractivity (Wildman–Crippen MR) is 303 cm³/mol. The second kappa shape index (κ2) is 53.4. The summed E-state index contributed by atoms with van der Waals surface area (Å²) in [5.74, 6) is -2.15. The highest BCUT2D eigenvalue weighted by Crippen LogP contribution is 2.45. The van der Waals surface area contributed by atoms with Gasteiger partial charge in [-0.15, -0.1) is 0 Å². The van der Waals surface area contributed by atoms with E-state index in [4.69, 9.17) is 37.0 Å². The van der Waals surface area contributed by atoms with E-state index in [2.05, 4.69) is 27.7 Å². The number of unbranched alkanes of at least 4 members (excludes halogenated alkanes) is 33. The minimum absolute atomic E-state index is 0.105. The molecule has 0 aromatic rings. The average Bonchev–Trinajstić information content (AvgIpc) is 3.40. The van der Waals surface area contributed by atoms with Gasteiger partial charge in [-0.05, 0) is 25.7 Å². The lowest BCUT2D eigenvalue weighted by atomic mass is 10.0. The van der Waals surface area contributed by atoms with Crippen LogP contribution in [0, 0.1) is 0 Å². The van der Waals surface area contributed by atoms with Gasteiger partial charge in [-0.1, -0.05) is 240 Å². The maximum atomic E-state index is 12.9. The number of hydrogen-bond acceptors (Lipinski definition) is 15. The minimum atomic E-state index is -4.93. The molecule has 0 saturated carbocycles. The molecule has 0 aliphatic heterocycles. The summed E-state index contributed by atoms with van der Waals surface area (Å²) in [6, 6.07) is 0. The molecule has 0 bridgehead atoms. The summed E-state index contributed by atoms with van der Waals surface area (Å²) >= 11 is 0. The van der Waals surface area contributed by atoms with Crippen molar-refractivity contribution in [3.63, 3.8) is 0 Å². The number of aliphatic hydroxyl groups excluding tert-OH is 1. The second-order valence-electron chi connectivity index (χ2n) is 21.0. The molecule has 3 N–H and O–H groups in total. The monoisotopic (exact) mass is 1140 g/mol. The van der Waals surface area contributed by atoms with Crippen molar-refractivity contribution in [1.82, 2.24) is 0 Å². The van der Waals surface area contributed by atoms with Gasteiger partial charge in [0.25, 0.3) is 0 Å². The number of phosphoric acid groups is 2. The van der Waals surface area contributed by atoms with Crippen LogP contribution < -0.4 is 0 Å². The molecule has 0 aromatic carbocycles. The summed E-state index contributed by atoms with van der Waals surface area (Å²) in [7, 11) is -9.86. The highest BCUT2D eigenvalue weighted by Gasteiger charge is 2.30. The summed E-state index contributed by atoms with van der Waals surface area (Å²) < 4.78 is 67.6. The topological polar surface area (TPSA) is 237 Å². The first-order valence-corrected chi connectivity index (χ1v) is 33.8. The quantitative estimate of drug-likeness (QED) is 0.0222. The highest BCUT2D eigenvalue weighted by atomic mass is 31.2. The van der Waals surface area contributed by atoms with Crippen molar-refractivity contribution in [2.45, 2.75) is 309 Å². The molecule has 2 unspecified atom stereocenters. The lowest BCUT2D eigenvalue weighted by Gasteiger charge is -2.21. The summed E-state index contributed by atoms with van der Waals surface area (Å²) in [4.78, 5) is 71.7. The summed E-state index contributed by atoms with van der Waals surface area (Å²) in [6.45, 7) is 4.77. The number of rotatable bonds is 59. The number of aliphatic hydroxyl groups is 1. The van der Waals surface area contributed by atoms with Crippen LogP contribution in [0.25, 0.3) is 0 Å². The molecule has 0 radical (unpaired) electrons. The van der Waals surface area contributed by atoms with Gasteiger partial charge < -0.3 is 33.8 Å². The number of esters is 4. The van der Waals surface area contributed by atoms with Gasteiger partial charge in [-0.25, -0.2) is 9.13 Å². The molecule has 0 fully saturated rings. The number of ether oxygens (including phenoxy) is 4. The van der Waals surface area contributed by atoms with E-state index in [0.29, 0.717) is 25.7 Å². The standard InChI is InChI=1S/C58H112O17P2/c1-5-9-13-17-21-24-26-27-29-33-37-41-45-58(63)75-54(49-69-56(61)43-39-35-32-28-25-22-18-14-10-6-2)51-73-77(66,67)71-47-52(59)46-70-76(64,65)72-50-53(48-68-55(60)42-38-34-30-20-16-12-8-4)74-57(62)44-40-36-31-23-19-15-11-7-3/h52-54,59H,5-51H2,1-4H3,(H,64,65)(H,66,67)/t52-,53+,54+/m0/s1. The molecule has 0 aromatic heterocycles. The van der Waals surface area contributed by atoms with E-state index >= 15 is 0 Å². The molecule has 0 rings (SSSR count). The SMILES string of the molecule is CCCCCCCCCCCCCCC(=O)O[C@H](COC(=O)CCCCCCCCCCCC)COP(=O)(O)OC[C@@H](O)COP(=O)(O)OC[C@@H](COC(=O)CCCCCCCCC)OC(=O)CCCCCCCCCC. The molecule has 0 saturated heterocycles. The second-order valence-corrected chi connectivity index (χ2v) is 23.9. The summed E-state index contributed by atoms with van der Waals surface area (Å²) in [5, 5.41) is 10.5. The average molecular weight is 1140 g/mol. The maximum Gasteiger partial charge on any atom is 0.472 e. The van der Waals surface area contributed by atoms with Crippen molar-refractivity contribution < 1.29 is 80.2 Å². The zero-order chi connectivity index (χ0) is 56.9. The molecular weight excluding hydrogens is 1030 g/mol. The minimum Gasteiger partial charge on any atom is -0.462 e. The van der Waals surface area contributed by atoms with Crippen LogP contribution in [-0.4, -0.2) is 96.7 Å². The Morgan fingerprint density at radius 2 is 0.519 bits per heavy atom. The van der Waals surface area contributed by atoms with E-state index in [1.165, 1.54) is 103 Å². The van der Waals surface area contributed by atoms with Crippen LogP contribution >= 0.6 is 15.6 Å². The Balaban J connectivity index is 5.20. The molecule has 0 amide bonds. The lowest BCUT2D eigenvalue weighted by Crippen LogP contribution is -2.30. The van der Waals surface area contributed by atoms with Crippen LogP contribution in [-0.2, 0) is 65.4 Å². The van der Waals surface area contributed by atoms with E-state index in [-0.39, 0.29) is 25.7 Å². The zero-order valence-corrected chi connectivity index (χ0v) is 50.7. The van der Waals surface area contributed by atoms with Crippen LogP contribution in [0.3, 0.4) is 0 Å². The third-order valence-corrected chi connectivity index (χ3v) is 15.3. The molecule has 0 heterocycles. The van der Waals surface area contributed by atoms with Gasteiger partial charge in [-0.3, -0.25) is 37.3 Å². The van der Waals surface area contributed by atoms with Crippen molar-refractivity contribution >= 4 is 39.5 Å². The molecule has 0 aliphatic rings. The van der Waals surface area contributed by atoms with Crippen molar-refractivity contribution in [3.8, 4) is 0 Å². The molecular formula is C58H112O17P2. The highest BCUT2D eigenvalue weighted by molar-refractivity contribution is 7.47. The number of carbonyl (C=O) groups excluding carboxylic acids is 4. The fourth-order valence-corrected chi connectivity index (χ4v) is 10.2. The Hall–Kier alpha value is -1.94. The van der Waals surface area contributed by atoms with E-state index in [1.807, 2.05) is 0 Å². The molecule has 5 atom stereocenters. The first-order valence-electron chi connectivity index (χ1n) is 30.8. The van der Waals surface area contributed by atoms with Gasteiger partial charge in [0.15, 0.2) is 12.2 Å². The molecule has 77 heavy (non-hydrogen) atoms. The Labute approximate surface area is 467 Å². The smallest absolute Gasteiger partial charge is 0.462 e. The largest absolute Gasteiger partial charge is 0.472 e. The molecule has 0 aliphatic carbocycles. The summed E-state index contributed by atoms with van der Waals surface area (Å²) in [6.07, 6.45) is 36.3. The van der Waals surface area contributed by atoms with Gasteiger partial charge >= 0.3 is 39.5 Å². The Morgan fingerprint density at radius 1 is 0.312 bits per heavy atom. The van der Waals surface area contributed by atoms with Crippen molar-refractivity contribution in [2.24, 2.45) is 0 Å². The molecule has 0 spiro atoms. The van der Waals surface area contributed by atoms with Gasteiger partial charge in [-0.2, -0.15) is 0 Å². The van der Waals surface area contributed by atoms with E-state index in [9.17, 15) is 43.2 Å². The normalized spacial score (nSPS) is 14.3. The first kappa shape index (κ1) is 75.1. The maximum absolute atomic E-state index is 12.9. The van der Waals surface area contributed by atoms with E-state index < -0.39 is 97.5 Å². The fraction of sp³-hybridized carbons (Fsp3) is 0.931. The van der Waals surface area contributed by atoms with Gasteiger partial charge in [0.2, 0.25) is 0 Å². The van der Waals surface area contributed by atoms with Crippen LogP contribution in [0.5, 0.6) is 0 Å². The number of phosphoric ester groups is 2. The van der Waals surface area contributed by atoms with E-state index in [1.54, 1.807) is 0 Å². The first-order chi connectivity index (χ1) is 37.2. The summed E-state index contributed by atoms with van der Waals surface area (Å²) in [5.41, 5.74) is 0. The van der Waals surface area contributed by atoms with Crippen LogP contribution in [0.15, 0.2) is 0 Å². The third-order valence-electron chi connectivity index (χ3n) is 13.4. The van der Waals surface area contributed by atoms with Gasteiger partial charge in [0.05, 0.1) is 26.4 Å². The third kappa shape index (κ3) is 53.2. The van der Waals surface area contributed by atoms with Gasteiger partial charge in [0, 0.05) is 25.7 Å². The zero-order valence-electron chi connectivity index (χ0n) is 48.9.